The molecule has 0 unspecified atom stereocenters. The van der Waals surface area contributed by atoms with Crippen molar-refractivity contribution in [1.29, 1.82) is 0 Å². The number of oxazole rings is 1. The maximum Gasteiger partial charge on any atom is 0.229 e. The van der Waals surface area contributed by atoms with Crippen molar-refractivity contribution in [2.45, 2.75) is 32.9 Å². The van der Waals surface area contributed by atoms with E-state index in [1.165, 1.54) is 0 Å². The SMILES string of the molecule is CCc1cnc(CN[C@H](C)c2cccc(NS(C)(=O)=O)c2)o1. The van der Waals surface area contributed by atoms with Crippen LogP contribution in [0.15, 0.2) is 34.9 Å². The van der Waals surface area contributed by atoms with Crippen molar-refractivity contribution in [3.63, 3.8) is 0 Å². The van der Waals surface area contributed by atoms with Gasteiger partial charge in [-0.2, -0.15) is 0 Å². The second kappa shape index (κ2) is 6.93. The number of nitrogens with zero attached hydrogens (tertiary/aromatic N) is 1. The Morgan fingerprint density at radius 1 is 1.36 bits per heavy atom. The van der Waals surface area contributed by atoms with Crippen molar-refractivity contribution in [2.75, 3.05) is 11.0 Å². The molecule has 2 aromatic rings. The van der Waals surface area contributed by atoms with Gasteiger partial charge in [0.05, 0.1) is 19.0 Å². The van der Waals surface area contributed by atoms with Crippen molar-refractivity contribution >= 4 is 15.7 Å². The Kier molecular flexibility index (Phi) is 5.20. The third-order valence-corrected chi connectivity index (χ3v) is 3.81. The summed E-state index contributed by atoms with van der Waals surface area (Å²) in [5.74, 6) is 1.51. The van der Waals surface area contributed by atoms with Crippen LogP contribution < -0.4 is 10.0 Å². The molecule has 2 rings (SSSR count). The molecular weight excluding hydrogens is 302 g/mol. The van der Waals surface area contributed by atoms with Crippen molar-refractivity contribution in [3.05, 3.63) is 47.7 Å². The standard InChI is InChI=1S/C15H21N3O3S/c1-4-14-9-17-15(21-14)10-16-11(2)12-6-5-7-13(8-12)18-22(3,19)20/h5-9,11,16,18H,4,10H2,1-3H3/t11-/m1/s1. The lowest BCUT2D eigenvalue weighted by Gasteiger charge is -2.14. The molecule has 2 N–H and O–H groups in total. The summed E-state index contributed by atoms with van der Waals surface area (Å²) in [5, 5.41) is 3.31. The molecule has 0 saturated carbocycles. The van der Waals surface area contributed by atoms with Gasteiger partial charge < -0.3 is 9.73 Å². The molecule has 0 bridgehead atoms. The summed E-state index contributed by atoms with van der Waals surface area (Å²) >= 11 is 0. The number of aromatic nitrogens is 1. The van der Waals surface area contributed by atoms with E-state index in [9.17, 15) is 8.42 Å². The number of sulfonamides is 1. The number of anilines is 1. The molecule has 6 nitrogen and oxygen atoms in total. The highest BCUT2D eigenvalue weighted by molar-refractivity contribution is 7.92. The molecule has 0 aliphatic rings. The topological polar surface area (TPSA) is 84.2 Å². The monoisotopic (exact) mass is 323 g/mol. The van der Waals surface area contributed by atoms with E-state index in [2.05, 4.69) is 15.0 Å². The third kappa shape index (κ3) is 4.85. The molecule has 0 saturated heterocycles. The fourth-order valence-corrected chi connectivity index (χ4v) is 2.59. The molecule has 0 fully saturated rings. The fourth-order valence-electron chi connectivity index (χ4n) is 2.04. The molecule has 1 aromatic heterocycles. The van der Waals surface area contributed by atoms with Gasteiger partial charge in [-0.25, -0.2) is 13.4 Å². The third-order valence-electron chi connectivity index (χ3n) is 3.20. The Labute approximate surface area is 131 Å². The van der Waals surface area contributed by atoms with Crippen LogP contribution >= 0.6 is 0 Å². The Hall–Kier alpha value is -1.86. The van der Waals surface area contributed by atoms with Crippen LogP contribution in [0.5, 0.6) is 0 Å². The highest BCUT2D eigenvalue weighted by atomic mass is 32.2. The number of aryl methyl sites for hydroxylation is 1. The zero-order chi connectivity index (χ0) is 16.2. The van der Waals surface area contributed by atoms with Crippen LogP contribution in [-0.4, -0.2) is 19.7 Å². The summed E-state index contributed by atoms with van der Waals surface area (Å²) in [6, 6.07) is 7.34. The zero-order valence-corrected chi connectivity index (χ0v) is 13.8. The van der Waals surface area contributed by atoms with Crippen LogP contribution in [0.4, 0.5) is 5.69 Å². The molecule has 1 heterocycles. The molecular formula is C15H21N3O3S. The Morgan fingerprint density at radius 2 is 2.14 bits per heavy atom. The fraction of sp³-hybridized carbons (Fsp3) is 0.400. The predicted octanol–water partition coefficient (Wildman–Crippen LogP) is 2.46. The lowest BCUT2D eigenvalue weighted by molar-refractivity contribution is 0.424. The van der Waals surface area contributed by atoms with Gasteiger partial charge >= 0.3 is 0 Å². The maximum atomic E-state index is 11.3. The van der Waals surface area contributed by atoms with Gasteiger partial charge in [0.2, 0.25) is 15.9 Å². The largest absolute Gasteiger partial charge is 0.444 e. The number of hydrogen-bond donors (Lipinski definition) is 2. The van der Waals surface area contributed by atoms with Crippen LogP contribution in [0.1, 0.15) is 37.1 Å². The first-order valence-electron chi connectivity index (χ1n) is 7.12. The minimum atomic E-state index is -3.27. The van der Waals surface area contributed by atoms with E-state index >= 15 is 0 Å². The van der Waals surface area contributed by atoms with E-state index < -0.39 is 10.0 Å². The lowest BCUT2D eigenvalue weighted by atomic mass is 10.1. The van der Waals surface area contributed by atoms with E-state index in [1.54, 1.807) is 12.3 Å². The molecule has 0 amide bonds. The van der Waals surface area contributed by atoms with Crippen LogP contribution in [-0.2, 0) is 23.0 Å². The number of rotatable bonds is 7. The minimum Gasteiger partial charge on any atom is -0.444 e. The number of benzene rings is 1. The van der Waals surface area contributed by atoms with Crippen LogP contribution in [0, 0.1) is 0 Å². The minimum absolute atomic E-state index is 0.0401. The Balaban J connectivity index is 1.99. The highest BCUT2D eigenvalue weighted by Gasteiger charge is 2.09. The summed E-state index contributed by atoms with van der Waals surface area (Å²) in [7, 11) is -3.27. The maximum absolute atomic E-state index is 11.3. The molecule has 0 spiro atoms. The van der Waals surface area contributed by atoms with Gasteiger partial charge in [0.15, 0.2) is 0 Å². The first-order chi connectivity index (χ1) is 10.4. The van der Waals surface area contributed by atoms with E-state index in [0.717, 1.165) is 24.0 Å². The average molecular weight is 323 g/mol. The Bertz CT molecular complexity index is 725. The first-order valence-corrected chi connectivity index (χ1v) is 9.01. The van der Waals surface area contributed by atoms with Crippen molar-refractivity contribution in [3.8, 4) is 0 Å². The zero-order valence-electron chi connectivity index (χ0n) is 13.0. The first kappa shape index (κ1) is 16.5. The second-order valence-electron chi connectivity index (χ2n) is 5.18. The Morgan fingerprint density at radius 3 is 2.77 bits per heavy atom. The summed E-state index contributed by atoms with van der Waals surface area (Å²) in [6.07, 6.45) is 3.69. The number of nitrogens with one attached hydrogen (secondary N) is 2. The quantitative estimate of drug-likeness (QED) is 0.817. The van der Waals surface area contributed by atoms with Crippen LogP contribution in [0.3, 0.4) is 0 Å². The summed E-state index contributed by atoms with van der Waals surface area (Å²) in [4.78, 5) is 4.20. The summed E-state index contributed by atoms with van der Waals surface area (Å²) in [5.41, 5.74) is 1.54. The summed E-state index contributed by atoms with van der Waals surface area (Å²) < 4.78 is 30.6. The van der Waals surface area contributed by atoms with Crippen molar-refractivity contribution in [1.82, 2.24) is 10.3 Å². The van der Waals surface area contributed by atoms with Gasteiger partial charge in [-0.1, -0.05) is 19.1 Å². The lowest BCUT2D eigenvalue weighted by Crippen LogP contribution is -2.18. The molecule has 1 aromatic carbocycles. The molecule has 0 radical (unpaired) electrons. The van der Waals surface area contributed by atoms with Gasteiger partial charge in [0.25, 0.3) is 0 Å². The van der Waals surface area contributed by atoms with Crippen LogP contribution in [0.2, 0.25) is 0 Å². The molecule has 0 aliphatic carbocycles. The van der Waals surface area contributed by atoms with E-state index in [-0.39, 0.29) is 6.04 Å². The molecule has 1 atom stereocenters. The van der Waals surface area contributed by atoms with E-state index in [0.29, 0.717) is 18.1 Å². The van der Waals surface area contributed by atoms with E-state index in [1.807, 2.05) is 32.0 Å². The summed E-state index contributed by atoms with van der Waals surface area (Å²) in [6.45, 7) is 4.54. The molecule has 7 heteroatoms. The molecule has 22 heavy (non-hydrogen) atoms. The average Bonchev–Trinajstić information content (AvgIpc) is 2.91. The molecule has 120 valence electrons. The van der Waals surface area contributed by atoms with E-state index in [4.69, 9.17) is 4.42 Å². The smallest absolute Gasteiger partial charge is 0.229 e. The highest BCUT2D eigenvalue weighted by Crippen LogP contribution is 2.18. The normalized spacial score (nSPS) is 13.0. The van der Waals surface area contributed by atoms with Gasteiger partial charge in [0.1, 0.15) is 5.76 Å². The number of hydrogen-bond acceptors (Lipinski definition) is 5. The van der Waals surface area contributed by atoms with Gasteiger partial charge in [-0.3, -0.25) is 4.72 Å². The predicted molar refractivity (Wildman–Crippen MR) is 86.0 cm³/mol. The van der Waals surface area contributed by atoms with Gasteiger partial charge in [0, 0.05) is 18.2 Å². The molecule has 0 aliphatic heterocycles. The van der Waals surface area contributed by atoms with Gasteiger partial charge in [-0.15, -0.1) is 0 Å². The van der Waals surface area contributed by atoms with Crippen LogP contribution in [0.25, 0.3) is 0 Å². The van der Waals surface area contributed by atoms with Gasteiger partial charge in [-0.05, 0) is 24.6 Å². The second-order valence-corrected chi connectivity index (χ2v) is 6.92. The van der Waals surface area contributed by atoms with Crippen molar-refractivity contribution < 1.29 is 12.8 Å². The van der Waals surface area contributed by atoms with Crippen molar-refractivity contribution in [2.24, 2.45) is 0 Å².